The van der Waals surface area contributed by atoms with E-state index in [1.54, 1.807) is 48.7 Å². The van der Waals surface area contributed by atoms with Crippen molar-refractivity contribution < 1.29 is 17.9 Å². The van der Waals surface area contributed by atoms with Crippen LogP contribution in [0.15, 0.2) is 53.6 Å². The summed E-state index contributed by atoms with van der Waals surface area (Å²) >= 11 is 2.34. The molecule has 0 aliphatic rings. The molecule has 6 nitrogen and oxygen atoms in total. The predicted octanol–water partition coefficient (Wildman–Crippen LogP) is 5.89. The number of nitrogens with zero attached hydrogens (tertiary/aromatic N) is 2. The number of hydrogen-bond acceptors (Lipinski definition) is 5. The van der Waals surface area contributed by atoms with Crippen LogP contribution in [0.5, 0.6) is 0 Å². The van der Waals surface area contributed by atoms with Gasteiger partial charge in [-0.25, -0.2) is 12.4 Å². The Morgan fingerprint density at radius 1 is 1.06 bits per heavy atom. The first-order valence-electron chi connectivity index (χ1n) is 11.0. The summed E-state index contributed by atoms with van der Waals surface area (Å²) in [6.45, 7) is 6.51. The maximum Gasteiger partial charge on any atom is 0.268 e. The van der Waals surface area contributed by atoms with Crippen molar-refractivity contribution in [3.05, 3.63) is 65.4 Å². The smallest absolute Gasteiger partial charge is 0.268 e. The van der Waals surface area contributed by atoms with Gasteiger partial charge in [0.1, 0.15) is 0 Å². The van der Waals surface area contributed by atoms with E-state index in [2.05, 4.69) is 28.7 Å². The van der Waals surface area contributed by atoms with Crippen LogP contribution in [0, 0.1) is 18.3 Å². The lowest BCUT2D eigenvalue weighted by Crippen LogP contribution is -2.33. The molecule has 0 fully saturated rings. The van der Waals surface area contributed by atoms with Gasteiger partial charge in [0.25, 0.3) is 10.0 Å². The van der Waals surface area contributed by atoms with Gasteiger partial charge < -0.3 is 9.47 Å². The molecule has 0 unspecified atom stereocenters. The van der Waals surface area contributed by atoms with Crippen LogP contribution in [0.4, 0.5) is 0 Å². The minimum Gasteiger partial charge on any atom is -0.346 e. The highest BCUT2D eigenvalue weighted by Gasteiger charge is 2.38. The number of aromatic nitrogens is 1. The summed E-state index contributed by atoms with van der Waals surface area (Å²) in [5, 5.41) is 10.1. The first-order valence-corrected chi connectivity index (χ1v) is 14.0. The molecule has 2 aromatic carbocycles. The standard InChI is InChI=1S/C25H29IN2O4S/c1-4-31-25(32-5-2,14-6-7-15-26)23-18-28(24-13-10-20(17-27)16-22(23)24)33(29,30)21-11-8-19(3)9-12-21/h8-13,16,18H,4-7,14-15H2,1-3H3. The first kappa shape index (κ1) is 25.7. The highest BCUT2D eigenvalue weighted by molar-refractivity contribution is 14.1. The van der Waals surface area contributed by atoms with Crippen molar-refractivity contribution in [1.82, 2.24) is 3.97 Å². The van der Waals surface area contributed by atoms with Gasteiger partial charge in [0.2, 0.25) is 0 Å². The Labute approximate surface area is 209 Å². The van der Waals surface area contributed by atoms with Gasteiger partial charge in [0, 0.05) is 36.8 Å². The van der Waals surface area contributed by atoms with Gasteiger partial charge in [-0.15, -0.1) is 0 Å². The van der Waals surface area contributed by atoms with Gasteiger partial charge in [-0.2, -0.15) is 5.26 Å². The molecule has 8 heteroatoms. The average Bonchev–Trinajstić information content (AvgIpc) is 3.20. The van der Waals surface area contributed by atoms with E-state index in [9.17, 15) is 13.7 Å². The fourth-order valence-electron chi connectivity index (χ4n) is 3.99. The number of unbranched alkanes of at least 4 members (excludes halogenated alkanes) is 1. The normalized spacial score (nSPS) is 12.2. The molecular weight excluding hydrogens is 551 g/mol. The van der Waals surface area contributed by atoms with E-state index < -0.39 is 15.8 Å². The first-order chi connectivity index (χ1) is 15.8. The molecule has 0 saturated carbocycles. The zero-order valence-electron chi connectivity index (χ0n) is 19.2. The third-order valence-electron chi connectivity index (χ3n) is 5.53. The molecule has 0 radical (unpaired) electrons. The average molecular weight is 580 g/mol. The third-order valence-corrected chi connectivity index (χ3v) is 7.98. The molecule has 0 N–H and O–H groups in total. The Hall–Kier alpha value is -1.93. The summed E-state index contributed by atoms with van der Waals surface area (Å²) in [5.74, 6) is -1.10. The van der Waals surface area contributed by atoms with Crippen LogP contribution in [0.25, 0.3) is 10.9 Å². The molecule has 3 rings (SSSR count). The largest absolute Gasteiger partial charge is 0.346 e. The second-order valence-corrected chi connectivity index (χ2v) is 10.7. The lowest BCUT2D eigenvalue weighted by atomic mass is 9.98. The number of benzene rings is 2. The van der Waals surface area contributed by atoms with Crippen molar-refractivity contribution in [3.63, 3.8) is 0 Å². The quantitative estimate of drug-likeness (QED) is 0.122. The van der Waals surface area contributed by atoms with Crippen LogP contribution in [-0.2, 0) is 25.3 Å². The van der Waals surface area contributed by atoms with E-state index in [0.29, 0.717) is 41.7 Å². The van der Waals surface area contributed by atoms with E-state index in [4.69, 9.17) is 9.47 Å². The molecule has 0 aliphatic heterocycles. The van der Waals surface area contributed by atoms with Crippen molar-refractivity contribution in [3.8, 4) is 6.07 Å². The molecule has 33 heavy (non-hydrogen) atoms. The van der Waals surface area contributed by atoms with E-state index in [1.165, 1.54) is 3.97 Å². The van der Waals surface area contributed by atoms with Crippen molar-refractivity contribution in [2.75, 3.05) is 17.6 Å². The minimum atomic E-state index is -3.87. The fourth-order valence-corrected chi connectivity index (χ4v) is 5.90. The van der Waals surface area contributed by atoms with E-state index in [1.807, 2.05) is 20.8 Å². The van der Waals surface area contributed by atoms with Crippen LogP contribution in [0.2, 0.25) is 0 Å². The van der Waals surface area contributed by atoms with Crippen molar-refractivity contribution in [1.29, 1.82) is 5.26 Å². The van der Waals surface area contributed by atoms with Crippen molar-refractivity contribution in [2.45, 2.75) is 50.7 Å². The molecule has 3 aromatic rings. The lowest BCUT2D eigenvalue weighted by molar-refractivity contribution is -0.246. The highest BCUT2D eigenvalue weighted by atomic mass is 127. The number of rotatable bonds is 11. The van der Waals surface area contributed by atoms with Gasteiger partial charge in [0.05, 0.1) is 22.0 Å². The zero-order chi connectivity index (χ0) is 24.1. The fraction of sp³-hybridized carbons (Fsp3) is 0.400. The van der Waals surface area contributed by atoms with Gasteiger partial charge >= 0.3 is 0 Å². The second-order valence-electron chi connectivity index (χ2n) is 7.77. The molecule has 0 saturated heterocycles. The van der Waals surface area contributed by atoms with Gasteiger partial charge in [-0.3, -0.25) is 0 Å². The van der Waals surface area contributed by atoms with Crippen LogP contribution in [0.3, 0.4) is 0 Å². The van der Waals surface area contributed by atoms with Gasteiger partial charge in [0.15, 0.2) is 5.79 Å². The van der Waals surface area contributed by atoms with Crippen LogP contribution in [0.1, 0.15) is 49.8 Å². The number of fused-ring (bicyclic) bond motifs is 1. The van der Waals surface area contributed by atoms with Crippen LogP contribution < -0.4 is 0 Å². The summed E-state index contributed by atoms with van der Waals surface area (Å²) in [4.78, 5) is 0.198. The third kappa shape index (κ3) is 5.27. The molecule has 1 heterocycles. The Kier molecular flexibility index (Phi) is 8.56. The summed E-state index contributed by atoms with van der Waals surface area (Å²) < 4.78 is 42.0. The van der Waals surface area contributed by atoms with Gasteiger partial charge in [-0.1, -0.05) is 40.3 Å². The Morgan fingerprint density at radius 3 is 2.30 bits per heavy atom. The van der Waals surface area contributed by atoms with E-state index in [0.717, 1.165) is 22.8 Å². The summed E-state index contributed by atoms with van der Waals surface area (Å²) in [6.07, 6.45) is 4.04. The maximum atomic E-state index is 13.6. The number of hydrogen-bond donors (Lipinski definition) is 0. The highest BCUT2D eigenvalue weighted by Crippen LogP contribution is 2.40. The SMILES string of the molecule is CCOC(CCCCI)(OCC)c1cn(S(=O)(=O)c2ccc(C)cc2)c2ccc(C#N)cc12. The Balaban J connectivity index is 2.30. The number of aryl methyl sites for hydroxylation is 1. The molecule has 0 aliphatic carbocycles. The van der Waals surface area contributed by atoms with E-state index in [-0.39, 0.29) is 4.90 Å². The molecule has 0 bridgehead atoms. The second kappa shape index (κ2) is 11.0. The number of alkyl halides is 1. The molecular formula is C25H29IN2O4S. The number of nitriles is 1. The van der Waals surface area contributed by atoms with E-state index >= 15 is 0 Å². The number of halogens is 1. The van der Waals surface area contributed by atoms with Crippen molar-refractivity contribution >= 4 is 43.5 Å². The summed E-state index contributed by atoms with van der Waals surface area (Å²) in [7, 11) is -3.87. The molecule has 1 aromatic heterocycles. The minimum absolute atomic E-state index is 0.198. The topological polar surface area (TPSA) is 81.3 Å². The summed E-state index contributed by atoms with van der Waals surface area (Å²) in [5.41, 5.74) is 2.54. The summed E-state index contributed by atoms with van der Waals surface area (Å²) in [6, 6.07) is 14.0. The van der Waals surface area contributed by atoms with Gasteiger partial charge in [-0.05, 0) is 68.4 Å². The zero-order valence-corrected chi connectivity index (χ0v) is 22.1. The van der Waals surface area contributed by atoms with Crippen molar-refractivity contribution in [2.24, 2.45) is 0 Å². The molecule has 0 amide bonds. The number of ether oxygens (including phenoxy) is 2. The maximum absolute atomic E-state index is 13.6. The molecule has 0 spiro atoms. The van der Waals surface area contributed by atoms with Crippen LogP contribution in [-0.4, -0.2) is 30.0 Å². The monoisotopic (exact) mass is 580 g/mol. The Morgan fingerprint density at radius 2 is 1.73 bits per heavy atom. The Bertz CT molecular complexity index is 1240. The predicted molar refractivity (Wildman–Crippen MR) is 138 cm³/mol. The molecule has 0 atom stereocenters. The molecule has 176 valence electrons. The van der Waals surface area contributed by atoms with Crippen LogP contribution >= 0.6 is 22.6 Å². The lowest BCUT2D eigenvalue weighted by Gasteiger charge is -2.33.